The minimum Gasteiger partial charge on any atom is -0.494 e. The molecule has 0 saturated carbocycles. The van der Waals surface area contributed by atoms with Gasteiger partial charge in [-0.2, -0.15) is 0 Å². The van der Waals surface area contributed by atoms with Gasteiger partial charge in [0.2, 0.25) is 5.91 Å². The molecule has 0 bridgehead atoms. The summed E-state index contributed by atoms with van der Waals surface area (Å²) in [5, 5.41) is 6.16. The van der Waals surface area contributed by atoms with E-state index in [0.29, 0.717) is 23.1 Å². The van der Waals surface area contributed by atoms with Crippen molar-refractivity contribution < 1.29 is 14.3 Å². The van der Waals surface area contributed by atoms with Crippen molar-refractivity contribution in [2.24, 2.45) is 5.92 Å². The molecule has 0 aliphatic heterocycles. The van der Waals surface area contributed by atoms with Gasteiger partial charge < -0.3 is 15.4 Å². The Bertz CT molecular complexity index is 749. The van der Waals surface area contributed by atoms with Gasteiger partial charge in [0.05, 0.1) is 12.3 Å². The van der Waals surface area contributed by atoms with Gasteiger partial charge in [-0.05, 0) is 51.0 Å². The molecular weight excluding hydrogens is 350 g/mol. The first kappa shape index (κ1) is 19.9. The van der Waals surface area contributed by atoms with Crippen LogP contribution in [-0.2, 0) is 4.79 Å². The number of rotatable bonds is 7. The molecule has 1 aromatic heterocycles. The standard InChI is InChI=1S/C19H25N3O3S/c1-6-25-15-9-7-14(8-10-15)17(23)21-16(11(2)3)18(24)22-19-20-12(4)13(5)26-19/h7-11,16H,6H2,1-5H3,(H,21,23)(H,20,22,24). The first-order valence-electron chi connectivity index (χ1n) is 8.60. The molecule has 6 nitrogen and oxygen atoms in total. The molecule has 7 heteroatoms. The van der Waals surface area contributed by atoms with Crippen molar-refractivity contribution >= 4 is 28.3 Å². The van der Waals surface area contributed by atoms with Crippen LogP contribution in [0.25, 0.3) is 0 Å². The average molecular weight is 375 g/mol. The highest BCUT2D eigenvalue weighted by Gasteiger charge is 2.25. The molecule has 140 valence electrons. The van der Waals surface area contributed by atoms with Gasteiger partial charge in [-0.1, -0.05) is 13.8 Å². The predicted octanol–water partition coefficient (Wildman–Crippen LogP) is 3.55. The van der Waals surface area contributed by atoms with E-state index < -0.39 is 6.04 Å². The fraction of sp³-hybridized carbons (Fsp3) is 0.421. The first-order valence-corrected chi connectivity index (χ1v) is 9.42. The van der Waals surface area contributed by atoms with Gasteiger partial charge in [0.15, 0.2) is 5.13 Å². The summed E-state index contributed by atoms with van der Waals surface area (Å²) in [6.45, 7) is 10.1. The summed E-state index contributed by atoms with van der Waals surface area (Å²) in [6, 6.07) is 6.19. The monoisotopic (exact) mass is 375 g/mol. The lowest BCUT2D eigenvalue weighted by Gasteiger charge is -2.21. The number of nitrogens with one attached hydrogen (secondary N) is 2. The van der Waals surface area contributed by atoms with E-state index in [1.165, 1.54) is 11.3 Å². The number of nitrogens with zero attached hydrogens (tertiary/aromatic N) is 1. The van der Waals surface area contributed by atoms with Gasteiger partial charge in [0.25, 0.3) is 5.91 Å². The van der Waals surface area contributed by atoms with Crippen LogP contribution in [0.1, 0.15) is 41.7 Å². The quantitative estimate of drug-likeness (QED) is 0.775. The Labute approximate surface area is 158 Å². The Morgan fingerprint density at radius 1 is 1.19 bits per heavy atom. The van der Waals surface area contributed by atoms with E-state index in [0.717, 1.165) is 10.6 Å². The second-order valence-electron chi connectivity index (χ2n) is 6.30. The molecule has 2 amide bonds. The normalized spacial score (nSPS) is 11.9. The van der Waals surface area contributed by atoms with Crippen molar-refractivity contribution in [2.45, 2.75) is 40.7 Å². The molecule has 0 saturated heterocycles. The van der Waals surface area contributed by atoms with Crippen molar-refractivity contribution in [3.05, 3.63) is 40.4 Å². The smallest absolute Gasteiger partial charge is 0.251 e. The summed E-state index contributed by atoms with van der Waals surface area (Å²) >= 11 is 1.42. The topological polar surface area (TPSA) is 80.3 Å². The minimum atomic E-state index is -0.654. The van der Waals surface area contributed by atoms with Crippen molar-refractivity contribution in [2.75, 3.05) is 11.9 Å². The van der Waals surface area contributed by atoms with E-state index in [1.54, 1.807) is 24.3 Å². The Morgan fingerprint density at radius 3 is 2.35 bits per heavy atom. The Hall–Kier alpha value is -2.41. The third-order valence-electron chi connectivity index (χ3n) is 3.92. The van der Waals surface area contributed by atoms with Crippen LogP contribution in [0.15, 0.2) is 24.3 Å². The number of amides is 2. The van der Waals surface area contributed by atoms with E-state index in [9.17, 15) is 9.59 Å². The van der Waals surface area contributed by atoms with Gasteiger partial charge >= 0.3 is 0 Å². The number of aryl methyl sites for hydroxylation is 2. The maximum absolute atomic E-state index is 12.6. The number of benzene rings is 1. The van der Waals surface area contributed by atoms with Crippen LogP contribution in [0.3, 0.4) is 0 Å². The first-order chi connectivity index (χ1) is 12.3. The fourth-order valence-electron chi connectivity index (χ4n) is 2.34. The molecule has 1 heterocycles. The molecule has 2 rings (SSSR count). The van der Waals surface area contributed by atoms with Crippen molar-refractivity contribution in [3.8, 4) is 5.75 Å². The fourth-order valence-corrected chi connectivity index (χ4v) is 3.16. The molecule has 2 aromatic rings. The summed E-state index contributed by atoms with van der Waals surface area (Å²) in [7, 11) is 0. The van der Waals surface area contributed by atoms with Crippen molar-refractivity contribution in [1.29, 1.82) is 0 Å². The molecule has 2 N–H and O–H groups in total. The molecule has 1 unspecified atom stereocenters. The third kappa shape index (κ3) is 5.05. The van der Waals surface area contributed by atoms with Gasteiger partial charge in [-0.25, -0.2) is 4.98 Å². The van der Waals surface area contributed by atoms with Crippen molar-refractivity contribution in [1.82, 2.24) is 10.3 Å². The summed E-state index contributed by atoms with van der Waals surface area (Å²) in [6.07, 6.45) is 0. The van der Waals surface area contributed by atoms with E-state index in [-0.39, 0.29) is 17.7 Å². The summed E-state index contributed by atoms with van der Waals surface area (Å²) in [5.74, 6) is 0.0713. The summed E-state index contributed by atoms with van der Waals surface area (Å²) in [5.41, 5.74) is 1.37. The maximum atomic E-state index is 12.6. The number of carbonyl (C=O) groups is 2. The van der Waals surface area contributed by atoms with Crippen LogP contribution in [0.4, 0.5) is 5.13 Å². The Kier molecular flexibility index (Phi) is 6.74. The number of carbonyl (C=O) groups excluding carboxylic acids is 2. The zero-order valence-corrected chi connectivity index (χ0v) is 16.6. The van der Waals surface area contributed by atoms with Crippen LogP contribution in [-0.4, -0.2) is 29.4 Å². The van der Waals surface area contributed by atoms with Crippen LogP contribution in [0, 0.1) is 19.8 Å². The number of thiazole rings is 1. The van der Waals surface area contributed by atoms with Crippen LogP contribution in [0.5, 0.6) is 5.75 Å². The zero-order chi connectivity index (χ0) is 19.3. The highest BCUT2D eigenvalue weighted by Crippen LogP contribution is 2.21. The van der Waals surface area contributed by atoms with E-state index in [4.69, 9.17) is 4.74 Å². The number of anilines is 1. The van der Waals surface area contributed by atoms with E-state index >= 15 is 0 Å². The number of ether oxygens (including phenoxy) is 1. The minimum absolute atomic E-state index is 0.0659. The predicted molar refractivity (Wildman–Crippen MR) is 104 cm³/mol. The SMILES string of the molecule is CCOc1ccc(C(=O)NC(C(=O)Nc2nc(C)c(C)s2)C(C)C)cc1. The summed E-state index contributed by atoms with van der Waals surface area (Å²) in [4.78, 5) is 30.5. The van der Waals surface area contributed by atoms with Gasteiger partial charge in [-0.15, -0.1) is 11.3 Å². The second kappa shape index (κ2) is 8.80. The van der Waals surface area contributed by atoms with E-state index in [2.05, 4.69) is 15.6 Å². The molecule has 26 heavy (non-hydrogen) atoms. The van der Waals surface area contributed by atoms with Gasteiger partial charge in [0, 0.05) is 10.4 Å². The second-order valence-corrected chi connectivity index (χ2v) is 7.51. The number of hydrogen-bond donors (Lipinski definition) is 2. The van der Waals surface area contributed by atoms with Crippen LogP contribution >= 0.6 is 11.3 Å². The molecule has 1 atom stereocenters. The molecule has 0 radical (unpaired) electrons. The Morgan fingerprint density at radius 2 is 1.85 bits per heavy atom. The lowest BCUT2D eigenvalue weighted by atomic mass is 10.0. The van der Waals surface area contributed by atoms with Crippen molar-refractivity contribution in [3.63, 3.8) is 0 Å². The number of hydrogen-bond acceptors (Lipinski definition) is 5. The molecular formula is C19H25N3O3S. The zero-order valence-electron chi connectivity index (χ0n) is 15.8. The highest BCUT2D eigenvalue weighted by atomic mass is 32.1. The number of aromatic nitrogens is 1. The highest BCUT2D eigenvalue weighted by molar-refractivity contribution is 7.15. The van der Waals surface area contributed by atoms with Gasteiger partial charge in [-0.3, -0.25) is 9.59 Å². The third-order valence-corrected chi connectivity index (χ3v) is 4.91. The lowest BCUT2D eigenvalue weighted by molar-refractivity contribution is -0.118. The molecule has 0 aliphatic carbocycles. The van der Waals surface area contributed by atoms with E-state index in [1.807, 2.05) is 34.6 Å². The van der Waals surface area contributed by atoms with Crippen LogP contribution in [0.2, 0.25) is 0 Å². The molecule has 0 spiro atoms. The molecule has 1 aromatic carbocycles. The summed E-state index contributed by atoms with van der Waals surface area (Å²) < 4.78 is 5.37. The average Bonchev–Trinajstić information content (AvgIpc) is 2.90. The maximum Gasteiger partial charge on any atom is 0.251 e. The lowest BCUT2D eigenvalue weighted by Crippen LogP contribution is -2.47. The molecule has 0 fully saturated rings. The van der Waals surface area contributed by atoms with Gasteiger partial charge in [0.1, 0.15) is 11.8 Å². The molecule has 0 aliphatic rings. The largest absolute Gasteiger partial charge is 0.494 e. The Balaban J connectivity index is 2.06. The van der Waals surface area contributed by atoms with Crippen LogP contribution < -0.4 is 15.4 Å².